The molecule has 2 saturated heterocycles. The quantitative estimate of drug-likeness (QED) is 0.234. The van der Waals surface area contributed by atoms with Crippen molar-refractivity contribution in [3.63, 3.8) is 0 Å². The molecule has 43 heavy (non-hydrogen) atoms. The van der Waals surface area contributed by atoms with Crippen LogP contribution in [0.25, 0.3) is 6.08 Å². The van der Waals surface area contributed by atoms with Crippen molar-refractivity contribution in [1.82, 2.24) is 34.2 Å². The molecule has 2 aliphatic heterocycles. The van der Waals surface area contributed by atoms with Crippen molar-refractivity contribution < 1.29 is 9.90 Å². The molecule has 1 aromatic carbocycles. The molecule has 1 spiro atoms. The lowest BCUT2D eigenvalue weighted by Crippen LogP contribution is -2.45. The van der Waals surface area contributed by atoms with Gasteiger partial charge in [-0.2, -0.15) is 0 Å². The Morgan fingerprint density at radius 2 is 1.88 bits per heavy atom. The van der Waals surface area contributed by atoms with Crippen LogP contribution < -0.4 is 0 Å². The number of hydrogen-bond acceptors (Lipinski definition) is 6. The van der Waals surface area contributed by atoms with Crippen molar-refractivity contribution >= 4 is 12.0 Å². The largest absolute Gasteiger partial charge is 0.478 e. The maximum absolute atomic E-state index is 11.0. The molecule has 0 atom stereocenters. The van der Waals surface area contributed by atoms with Crippen LogP contribution in [0.4, 0.5) is 0 Å². The monoisotopic (exact) mass is 587 g/mol. The van der Waals surface area contributed by atoms with Crippen LogP contribution in [0.3, 0.4) is 0 Å². The van der Waals surface area contributed by atoms with E-state index >= 15 is 0 Å². The predicted octanol–water partition coefficient (Wildman–Crippen LogP) is 5.27. The van der Waals surface area contributed by atoms with Crippen LogP contribution in [-0.4, -0.2) is 84.1 Å². The van der Waals surface area contributed by atoms with Gasteiger partial charge in [-0.05, 0) is 87.3 Å². The molecule has 2 aromatic heterocycles. The van der Waals surface area contributed by atoms with E-state index in [-0.39, 0.29) is 0 Å². The van der Waals surface area contributed by atoms with Crippen molar-refractivity contribution in [3.05, 3.63) is 77.9 Å². The Labute approximate surface area is 256 Å². The zero-order valence-electron chi connectivity index (χ0n) is 26.0. The highest BCUT2D eigenvalue weighted by Gasteiger charge is 2.40. The van der Waals surface area contributed by atoms with Gasteiger partial charge >= 0.3 is 5.97 Å². The molecule has 232 valence electrons. The van der Waals surface area contributed by atoms with Gasteiger partial charge in [0.1, 0.15) is 11.6 Å². The predicted molar refractivity (Wildman–Crippen MR) is 170 cm³/mol. The lowest BCUT2D eigenvalue weighted by Gasteiger charge is -2.42. The van der Waals surface area contributed by atoms with E-state index in [9.17, 15) is 4.79 Å². The van der Waals surface area contributed by atoms with Crippen LogP contribution in [0.1, 0.15) is 75.1 Å². The SMILES string of the molecule is CCC(CC)N1CCC2(CCN(CCCn3ccnc3CN(Cc3cccc(C=CC(=O)O)c3)Cc3ncc[nH]3)C2)CC1. The summed E-state index contributed by atoms with van der Waals surface area (Å²) in [4.78, 5) is 31.2. The van der Waals surface area contributed by atoms with Gasteiger partial charge in [0.15, 0.2) is 0 Å². The van der Waals surface area contributed by atoms with Gasteiger partial charge < -0.3 is 24.5 Å². The number of aromatic amines is 1. The Bertz CT molecular complexity index is 1310. The van der Waals surface area contributed by atoms with E-state index in [1.165, 1.54) is 64.4 Å². The number of imidazole rings is 2. The van der Waals surface area contributed by atoms with Crippen molar-refractivity contribution in [2.75, 3.05) is 32.7 Å². The summed E-state index contributed by atoms with van der Waals surface area (Å²) in [5.74, 6) is 1.02. The molecule has 0 bridgehead atoms. The number of aryl methyl sites for hydroxylation is 1. The Morgan fingerprint density at radius 3 is 2.63 bits per heavy atom. The first-order chi connectivity index (χ1) is 20.9. The molecule has 5 rings (SSSR count). The van der Waals surface area contributed by atoms with Crippen LogP contribution in [0.15, 0.2) is 55.1 Å². The van der Waals surface area contributed by atoms with E-state index in [4.69, 9.17) is 10.1 Å². The van der Waals surface area contributed by atoms with Crippen molar-refractivity contribution in [2.45, 2.75) is 84.6 Å². The summed E-state index contributed by atoms with van der Waals surface area (Å²) in [5, 5.41) is 9.01. The van der Waals surface area contributed by atoms with Gasteiger partial charge in [0.25, 0.3) is 0 Å². The topological polar surface area (TPSA) is 93.5 Å². The third-order valence-corrected chi connectivity index (χ3v) is 9.58. The van der Waals surface area contributed by atoms with Gasteiger partial charge in [-0.1, -0.05) is 38.1 Å². The van der Waals surface area contributed by atoms with Gasteiger partial charge in [-0.15, -0.1) is 0 Å². The van der Waals surface area contributed by atoms with Crippen LogP contribution in [-0.2, 0) is 31.0 Å². The fourth-order valence-corrected chi connectivity index (χ4v) is 7.14. The summed E-state index contributed by atoms with van der Waals surface area (Å²) in [5.41, 5.74) is 2.53. The second-order valence-corrected chi connectivity index (χ2v) is 12.5. The second-order valence-electron chi connectivity index (χ2n) is 12.5. The summed E-state index contributed by atoms with van der Waals surface area (Å²) >= 11 is 0. The van der Waals surface area contributed by atoms with Crippen LogP contribution in [0.5, 0.6) is 0 Å². The zero-order chi connectivity index (χ0) is 30.1. The number of carboxylic acids is 1. The molecule has 2 aliphatic rings. The number of aliphatic carboxylic acids is 1. The summed E-state index contributed by atoms with van der Waals surface area (Å²) in [6.07, 6.45) is 18.2. The number of nitrogens with zero attached hydrogens (tertiary/aromatic N) is 6. The molecule has 0 amide bonds. The third kappa shape index (κ3) is 8.65. The van der Waals surface area contributed by atoms with Gasteiger partial charge in [-0.3, -0.25) is 4.90 Å². The number of rotatable bonds is 15. The van der Waals surface area contributed by atoms with Gasteiger partial charge in [-0.25, -0.2) is 14.8 Å². The molecule has 9 heteroatoms. The standard InChI is InChI=1S/C34H49N7O2/c1-3-30(4-2)40-20-12-34(13-21-40)11-19-38(27-34)17-6-18-41-22-16-37-32(41)26-39(25-31-35-14-15-36-31)24-29-8-5-7-28(23-29)9-10-33(42)43/h5,7-10,14-16,22-23,30H,3-4,6,11-13,17-21,24-27H2,1-2H3,(H,35,36)(H,42,43). The molecule has 4 heterocycles. The minimum Gasteiger partial charge on any atom is -0.478 e. The van der Waals surface area contributed by atoms with Crippen LogP contribution in [0.2, 0.25) is 0 Å². The third-order valence-electron chi connectivity index (χ3n) is 9.58. The fraction of sp³-hybridized carbons (Fsp3) is 0.559. The number of benzene rings is 1. The molecule has 2 N–H and O–H groups in total. The maximum atomic E-state index is 11.0. The smallest absolute Gasteiger partial charge is 0.328 e. The molecule has 0 unspecified atom stereocenters. The average molecular weight is 588 g/mol. The highest BCUT2D eigenvalue weighted by Crippen LogP contribution is 2.41. The number of aromatic nitrogens is 4. The number of hydrogen-bond donors (Lipinski definition) is 2. The summed E-state index contributed by atoms with van der Waals surface area (Å²) in [7, 11) is 0. The first-order valence-electron chi connectivity index (χ1n) is 16.1. The van der Waals surface area contributed by atoms with Gasteiger partial charge in [0.2, 0.25) is 0 Å². The minimum atomic E-state index is -0.946. The number of carboxylic acid groups (broad SMARTS) is 1. The number of piperidine rings is 1. The average Bonchev–Trinajstić information content (AvgIpc) is 3.77. The molecule has 3 aromatic rings. The minimum absolute atomic E-state index is 0.537. The Balaban J connectivity index is 1.15. The van der Waals surface area contributed by atoms with Crippen molar-refractivity contribution in [1.29, 1.82) is 0 Å². The highest BCUT2D eigenvalue weighted by molar-refractivity contribution is 5.85. The normalized spacial score (nSPS) is 17.7. The van der Waals surface area contributed by atoms with Crippen molar-refractivity contribution in [3.8, 4) is 0 Å². The summed E-state index contributed by atoms with van der Waals surface area (Å²) < 4.78 is 2.31. The van der Waals surface area contributed by atoms with E-state index in [0.717, 1.165) is 48.3 Å². The number of nitrogens with one attached hydrogen (secondary N) is 1. The van der Waals surface area contributed by atoms with E-state index in [1.807, 2.05) is 30.6 Å². The zero-order valence-corrected chi connectivity index (χ0v) is 26.0. The number of H-pyrrole nitrogens is 1. The first-order valence-corrected chi connectivity index (χ1v) is 16.1. The Kier molecular flexibility index (Phi) is 10.8. The van der Waals surface area contributed by atoms with E-state index in [0.29, 0.717) is 25.0 Å². The first kappa shape index (κ1) is 31.2. The summed E-state index contributed by atoms with van der Waals surface area (Å²) in [6, 6.07) is 8.78. The Hall–Kier alpha value is -3.27. The van der Waals surface area contributed by atoms with E-state index < -0.39 is 5.97 Å². The van der Waals surface area contributed by atoms with Crippen LogP contribution >= 0.6 is 0 Å². The number of carbonyl (C=O) groups is 1. The van der Waals surface area contributed by atoms with E-state index in [1.54, 1.807) is 12.3 Å². The molecule has 0 aliphatic carbocycles. The fourth-order valence-electron chi connectivity index (χ4n) is 7.14. The lowest BCUT2D eigenvalue weighted by molar-refractivity contribution is -0.131. The molecule has 9 nitrogen and oxygen atoms in total. The lowest BCUT2D eigenvalue weighted by atomic mass is 9.77. The molecule has 0 radical (unpaired) electrons. The molecular weight excluding hydrogens is 538 g/mol. The summed E-state index contributed by atoms with van der Waals surface area (Å²) in [6.45, 7) is 13.9. The molecule has 2 fully saturated rings. The Morgan fingerprint density at radius 1 is 1.07 bits per heavy atom. The molecule has 0 saturated carbocycles. The van der Waals surface area contributed by atoms with Crippen molar-refractivity contribution in [2.24, 2.45) is 5.41 Å². The number of likely N-dealkylation sites (tertiary alicyclic amines) is 2. The van der Waals surface area contributed by atoms with Crippen LogP contribution in [0, 0.1) is 5.41 Å². The van der Waals surface area contributed by atoms with E-state index in [2.05, 4.69) is 55.3 Å². The van der Waals surface area contributed by atoms with Gasteiger partial charge in [0, 0.05) is 56.5 Å². The maximum Gasteiger partial charge on any atom is 0.328 e. The highest BCUT2D eigenvalue weighted by atomic mass is 16.4. The van der Waals surface area contributed by atoms with Gasteiger partial charge in [0.05, 0.1) is 13.1 Å². The molecular formula is C34H49N7O2. The second kappa shape index (κ2) is 14.9.